The maximum absolute atomic E-state index is 6.41. The second kappa shape index (κ2) is 7.72. The fraction of sp³-hybridized carbons (Fsp3) is 0.647. The van der Waals surface area contributed by atoms with Crippen molar-refractivity contribution in [3.05, 3.63) is 28.8 Å². The lowest BCUT2D eigenvalue weighted by Crippen LogP contribution is -2.22. The zero-order chi connectivity index (χ0) is 14.5. The molecular formula is C17H26ClNS. The lowest BCUT2D eigenvalue weighted by Gasteiger charge is -2.27. The summed E-state index contributed by atoms with van der Waals surface area (Å²) in [6.45, 7) is 4.51. The molecule has 20 heavy (non-hydrogen) atoms. The number of hydrogen-bond donors (Lipinski definition) is 1. The third-order valence-corrected chi connectivity index (χ3v) is 6.00. The molecule has 0 aromatic heterocycles. The Balaban J connectivity index is 2.11. The molecule has 0 heterocycles. The van der Waals surface area contributed by atoms with E-state index in [0.29, 0.717) is 0 Å². The molecule has 3 unspecified atom stereocenters. The van der Waals surface area contributed by atoms with Gasteiger partial charge in [-0.2, -0.15) is 0 Å². The molecule has 3 heteroatoms. The van der Waals surface area contributed by atoms with Crippen LogP contribution in [0.25, 0.3) is 0 Å². The molecule has 112 valence electrons. The normalized spacial score (nSPS) is 24.6. The smallest absolute Gasteiger partial charge is 0.0449 e. The van der Waals surface area contributed by atoms with Crippen molar-refractivity contribution in [2.75, 3.05) is 0 Å². The van der Waals surface area contributed by atoms with Gasteiger partial charge in [0.1, 0.15) is 0 Å². The zero-order valence-electron chi connectivity index (χ0n) is 12.6. The molecule has 1 aromatic rings. The average molecular weight is 312 g/mol. The molecule has 2 rings (SSSR count). The van der Waals surface area contributed by atoms with Crippen molar-refractivity contribution in [2.24, 2.45) is 11.7 Å². The van der Waals surface area contributed by atoms with E-state index >= 15 is 0 Å². The van der Waals surface area contributed by atoms with E-state index in [0.717, 1.165) is 29.0 Å². The third kappa shape index (κ3) is 4.41. The van der Waals surface area contributed by atoms with E-state index in [-0.39, 0.29) is 6.04 Å². The summed E-state index contributed by atoms with van der Waals surface area (Å²) in [5, 5.41) is 1.62. The van der Waals surface area contributed by atoms with Gasteiger partial charge in [0, 0.05) is 21.2 Å². The van der Waals surface area contributed by atoms with E-state index in [9.17, 15) is 0 Å². The van der Waals surface area contributed by atoms with E-state index in [1.165, 1.54) is 36.1 Å². The van der Waals surface area contributed by atoms with Gasteiger partial charge in [0.2, 0.25) is 0 Å². The van der Waals surface area contributed by atoms with Gasteiger partial charge in [-0.3, -0.25) is 0 Å². The largest absolute Gasteiger partial charge is 0.327 e. The third-order valence-electron chi connectivity index (χ3n) is 4.25. The van der Waals surface area contributed by atoms with Crippen molar-refractivity contribution < 1.29 is 0 Å². The van der Waals surface area contributed by atoms with Gasteiger partial charge < -0.3 is 5.73 Å². The number of hydrogen-bond acceptors (Lipinski definition) is 2. The first kappa shape index (κ1) is 16.2. The highest BCUT2D eigenvalue weighted by Gasteiger charge is 2.21. The maximum Gasteiger partial charge on any atom is 0.0449 e. The van der Waals surface area contributed by atoms with Gasteiger partial charge in [0.05, 0.1) is 0 Å². The van der Waals surface area contributed by atoms with Crippen molar-refractivity contribution in [3.63, 3.8) is 0 Å². The Morgan fingerprint density at radius 1 is 1.40 bits per heavy atom. The summed E-state index contributed by atoms with van der Waals surface area (Å²) < 4.78 is 0. The van der Waals surface area contributed by atoms with Gasteiger partial charge in [0.15, 0.2) is 0 Å². The van der Waals surface area contributed by atoms with Crippen LogP contribution in [0.1, 0.15) is 51.5 Å². The van der Waals surface area contributed by atoms with Crippen molar-refractivity contribution >= 4 is 23.4 Å². The summed E-state index contributed by atoms with van der Waals surface area (Å²) >= 11 is 8.43. The lowest BCUT2D eigenvalue weighted by molar-refractivity contribution is 0.394. The monoisotopic (exact) mass is 311 g/mol. The van der Waals surface area contributed by atoms with Crippen molar-refractivity contribution in [1.82, 2.24) is 0 Å². The topological polar surface area (TPSA) is 26.0 Å². The zero-order valence-corrected chi connectivity index (χ0v) is 14.1. The number of halogens is 1. The van der Waals surface area contributed by atoms with E-state index in [1.807, 2.05) is 17.8 Å². The van der Waals surface area contributed by atoms with Crippen LogP contribution in [-0.4, -0.2) is 11.3 Å². The van der Waals surface area contributed by atoms with Crippen LogP contribution >= 0.6 is 23.4 Å². The highest BCUT2D eigenvalue weighted by molar-refractivity contribution is 8.00. The highest BCUT2D eigenvalue weighted by Crippen LogP contribution is 2.39. The maximum atomic E-state index is 6.41. The predicted molar refractivity (Wildman–Crippen MR) is 90.7 cm³/mol. The molecule has 1 nitrogen and oxygen atoms in total. The van der Waals surface area contributed by atoms with Crippen LogP contribution < -0.4 is 5.73 Å². The van der Waals surface area contributed by atoms with Crippen LogP contribution in [0, 0.1) is 5.92 Å². The van der Waals surface area contributed by atoms with Crippen molar-refractivity contribution in [1.29, 1.82) is 0 Å². The van der Waals surface area contributed by atoms with Crippen LogP contribution in [0.5, 0.6) is 0 Å². The van der Waals surface area contributed by atoms with Gasteiger partial charge in [-0.1, -0.05) is 44.4 Å². The molecule has 1 saturated carbocycles. The first-order valence-corrected chi connectivity index (χ1v) is 9.05. The van der Waals surface area contributed by atoms with Crippen LogP contribution in [-0.2, 0) is 6.42 Å². The molecule has 0 bridgehead atoms. The standard InChI is InChI=1S/C17H26ClNS/c1-3-13(19)11-15-16(18)8-5-9-17(15)20-14-7-4-6-12(2)10-14/h5,8-9,12-14H,3-4,6-7,10-11,19H2,1-2H3. The fourth-order valence-corrected chi connectivity index (χ4v) is 4.79. The predicted octanol–water partition coefficient (Wildman–Crippen LogP) is 5.29. The Kier molecular flexibility index (Phi) is 6.25. The van der Waals surface area contributed by atoms with Crippen LogP contribution in [0.4, 0.5) is 0 Å². The number of nitrogens with two attached hydrogens (primary N) is 1. The quantitative estimate of drug-likeness (QED) is 0.799. The molecule has 3 atom stereocenters. The van der Waals surface area contributed by atoms with E-state index in [1.54, 1.807) is 0 Å². The summed E-state index contributed by atoms with van der Waals surface area (Å²) in [6, 6.07) is 6.48. The number of rotatable bonds is 5. The molecule has 1 aromatic carbocycles. The van der Waals surface area contributed by atoms with Crippen LogP contribution in [0.15, 0.2) is 23.1 Å². The van der Waals surface area contributed by atoms with Crippen LogP contribution in [0.2, 0.25) is 5.02 Å². The van der Waals surface area contributed by atoms with Gasteiger partial charge in [-0.15, -0.1) is 11.8 Å². The molecule has 1 fully saturated rings. The Morgan fingerprint density at radius 3 is 2.90 bits per heavy atom. The van der Waals surface area contributed by atoms with Gasteiger partial charge >= 0.3 is 0 Å². The van der Waals surface area contributed by atoms with E-state index < -0.39 is 0 Å². The van der Waals surface area contributed by atoms with Crippen LogP contribution in [0.3, 0.4) is 0 Å². The lowest BCUT2D eigenvalue weighted by atomic mass is 9.91. The fourth-order valence-electron chi connectivity index (χ4n) is 2.92. The summed E-state index contributed by atoms with van der Waals surface area (Å²) in [6.07, 6.45) is 7.30. The molecular weight excluding hydrogens is 286 g/mol. The highest BCUT2D eigenvalue weighted by atomic mass is 35.5. The summed E-state index contributed by atoms with van der Waals surface area (Å²) in [7, 11) is 0. The Morgan fingerprint density at radius 2 is 2.20 bits per heavy atom. The summed E-state index contributed by atoms with van der Waals surface area (Å²) in [5.41, 5.74) is 7.39. The first-order chi connectivity index (χ1) is 9.60. The molecule has 0 aliphatic heterocycles. The average Bonchev–Trinajstić information content (AvgIpc) is 2.42. The van der Waals surface area contributed by atoms with Gasteiger partial charge in [0.25, 0.3) is 0 Å². The summed E-state index contributed by atoms with van der Waals surface area (Å²) in [4.78, 5) is 1.35. The molecule has 1 aliphatic carbocycles. The second-order valence-corrected chi connectivity index (χ2v) is 7.85. The van der Waals surface area contributed by atoms with Crippen molar-refractivity contribution in [3.8, 4) is 0 Å². The Bertz CT molecular complexity index is 435. The van der Waals surface area contributed by atoms with E-state index in [2.05, 4.69) is 26.0 Å². The molecule has 0 spiro atoms. The Labute approximate surface area is 132 Å². The molecule has 0 radical (unpaired) electrons. The summed E-state index contributed by atoms with van der Waals surface area (Å²) in [5.74, 6) is 0.863. The Hall–Kier alpha value is -0.180. The molecule has 2 N–H and O–H groups in total. The molecule has 1 aliphatic rings. The molecule has 0 saturated heterocycles. The number of benzene rings is 1. The minimum Gasteiger partial charge on any atom is -0.327 e. The van der Waals surface area contributed by atoms with E-state index in [4.69, 9.17) is 17.3 Å². The molecule has 0 amide bonds. The van der Waals surface area contributed by atoms with Gasteiger partial charge in [-0.05, 0) is 49.3 Å². The van der Waals surface area contributed by atoms with Crippen molar-refractivity contribution in [2.45, 2.75) is 68.6 Å². The minimum atomic E-state index is 0.208. The second-order valence-electron chi connectivity index (χ2n) is 6.10. The van der Waals surface area contributed by atoms with Gasteiger partial charge in [-0.25, -0.2) is 0 Å². The number of thioether (sulfide) groups is 1. The SMILES string of the molecule is CCC(N)Cc1c(Cl)cccc1SC1CCCC(C)C1. The first-order valence-electron chi connectivity index (χ1n) is 7.79. The minimum absolute atomic E-state index is 0.208.